The molecule has 1 saturated heterocycles. The van der Waals surface area contributed by atoms with E-state index in [2.05, 4.69) is 5.16 Å². The summed E-state index contributed by atoms with van der Waals surface area (Å²) in [6, 6.07) is 6.25. The van der Waals surface area contributed by atoms with Crippen LogP contribution in [-0.4, -0.2) is 24.5 Å². The smallest absolute Gasteiger partial charge is 0.222 e. The summed E-state index contributed by atoms with van der Waals surface area (Å²) in [5.74, 6) is 0.0237. The molecule has 20 heavy (non-hydrogen) atoms. The Morgan fingerprint density at radius 3 is 2.70 bits per heavy atom. The quantitative estimate of drug-likeness (QED) is 0.934. The average molecular weight is 278 g/mol. The molecule has 5 nitrogen and oxygen atoms in total. The highest BCUT2D eigenvalue weighted by Crippen LogP contribution is 2.27. The maximum atomic E-state index is 14.1. The van der Waals surface area contributed by atoms with Crippen molar-refractivity contribution in [1.82, 2.24) is 5.16 Å². The minimum absolute atomic E-state index is 0.00629. The second-order valence-corrected chi connectivity index (χ2v) is 4.69. The van der Waals surface area contributed by atoms with Crippen LogP contribution in [0, 0.1) is 5.82 Å². The molecule has 3 rings (SSSR count). The van der Waals surface area contributed by atoms with Crippen LogP contribution in [0.1, 0.15) is 12.8 Å². The Balaban J connectivity index is 1.76. The predicted octanol–water partition coefficient (Wildman–Crippen LogP) is 2.62. The lowest BCUT2D eigenvalue weighted by molar-refractivity contribution is 0.0240. The van der Waals surface area contributed by atoms with E-state index in [4.69, 9.17) is 19.7 Å². The highest BCUT2D eigenvalue weighted by atomic mass is 19.1. The summed E-state index contributed by atoms with van der Waals surface area (Å²) in [5, 5.41) is 3.75. The summed E-state index contributed by atoms with van der Waals surface area (Å²) in [6.45, 7) is 1.31. The number of hydrogen-bond donors (Lipinski definition) is 1. The van der Waals surface area contributed by atoms with E-state index in [1.807, 2.05) is 0 Å². The molecule has 2 aromatic rings. The molecule has 0 atom stereocenters. The van der Waals surface area contributed by atoms with Gasteiger partial charge >= 0.3 is 0 Å². The standard InChI is InChI=1S/C14H15FN2O3/c15-11-7-9(12-8-14(16)20-17-12)1-2-13(11)19-10-3-5-18-6-4-10/h1-2,7-8,10H,3-6,16H2. The maximum Gasteiger partial charge on any atom is 0.222 e. The van der Waals surface area contributed by atoms with Crippen molar-refractivity contribution in [2.24, 2.45) is 0 Å². The molecule has 0 saturated carbocycles. The molecule has 0 unspecified atom stereocenters. The maximum absolute atomic E-state index is 14.1. The van der Waals surface area contributed by atoms with Crippen LogP contribution in [0.2, 0.25) is 0 Å². The van der Waals surface area contributed by atoms with Crippen molar-refractivity contribution in [2.45, 2.75) is 18.9 Å². The monoisotopic (exact) mass is 278 g/mol. The molecule has 2 heterocycles. The van der Waals surface area contributed by atoms with Gasteiger partial charge in [-0.3, -0.25) is 0 Å². The first-order valence-electron chi connectivity index (χ1n) is 6.49. The van der Waals surface area contributed by atoms with E-state index in [1.165, 1.54) is 6.07 Å². The topological polar surface area (TPSA) is 70.5 Å². The number of nitrogens with two attached hydrogens (primary N) is 1. The molecular formula is C14H15FN2O3. The first-order valence-corrected chi connectivity index (χ1v) is 6.49. The lowest BCUT2D eigenvalue weighted by Gasteiger charge is -2.23. The Hall–Kier alpha value is -2.08. The Labute approximate surface area is 115 Å². The van der Waals surface area contributed by atoms with Gasteiger partial charge in [-0.2, -0.15) is 0 Å². The highest BCUT2D eigenvalue weighted by molar-refractivity contribution is 5.62. The van der Waals surface area contributed by atoms with Gasteiger partial charge < -0.3 is 19.7 Å². The van der Waals surface area contributed by atoms with Crippen LogP contribution in [0.25, 0.3) is 11.3 Å². The summed E-state index contributed by atoms with van der Waals surface area (Å²) in [6.07, 6.45) is 1.56. The van der Waals surface area contributed by atoms with E-state index in [0.717, 1.165) is 12.8 Å². The van der Waals surface area contributed by atoms with Crippen LogP contribution in [0.4, 0.5) is 10.3 Å². The van der Waals surface area contributed by atoms with Crippen molar-refractivity contribution in [1.29, 1.82) is 0 Å². The lowest BCUT2D eigenvalue weighted by Crippen LogP contribution is -2.26. The summed E-state index contributed by atoms with van der Waals surface area (Å²) in [5.41, 5.74) is 6.55. The largest absolute Gasteiger partial charge is 0.487 e. The molecule has 2 N–H and O–H groups in total. The van der Waals surface area contributed by atoms with Crippen molar-refractivity contribution in [2.75, 3.05) is 18.9 Å². The number of hydrogen-bond acceptors (Lipinski definition) is 5. The number of nitrogens with zero attached hydrogens (tertiary/aromatic N) is 1. The molecule has 1 fully saturated rings. The number of anilines is 1. The Kier molecular flexibility index (Phi) is 3.56. The number of benzene rings is 1. The third-order valence-electron chi connectivity index (χ3n) is 3.22. The fourth-order valence-electron chi connectivity index (χ4n) is 2.15. The van der Waals surface area contributed by atoms with Gasteiger partial charge in [-0.1, -0.05) is 5.16 Å². The molecule has 0 aliphatic carbocycles. The van der Waals surface area contributed by atoms with Gasteiger partial charge in [0.05, 0.1) is 13.2 Å². The minimum Gasteiger partial charge on any atom is -0.487 e. The SMILES string of the molecule is Nc1cc(-c2ccc(OC3CCOCC3)c(F)c2)no1. The fraction of sp³-hybridized carbons (Fsp3) is 0.357. The van der Waals surface area contributed by atoms with Gasteiger partial charge in [0.2, 0.25) is 5.88 Å². The summed E-state index contributed by atoms with van der Waals surface area (Å²) < 4.78 is 29.7. The van der Waals surface area contributed by atoms with Gasteiger partial charge in [-0.25, -0.2) is 4.39 Å². The fourth-order valence-corrected chi connectivity index (χ4v) is 2.15. The van der Waals surface area contributed by atoms with E-state index >= 15 is 0 Å². The second-order valence-electron chi connectivity index (χ2n) is 4.69. The minimum atomic E-state index is -0.421. The normalized spacial score (nSPS) is 16.2. The van der Waals surface area contributed by atoms with E-state index in [-0.39, 0.29) is 17.7 Å². The van der Waals surface area contributed by atoms with E-state index < -0.39 is 5.82 Å². The third kappa shape index (κ3) is 2.75. The first kappa shape index (κ1) is 12.9. The van der Waals surface area contributed by atoms with Crippen LogP contribution in [0.15, 0.2) is 28.8 Å². The van der Waals surface area contributed by atoms with Gasteiger partial charge in [-0.15, -0.1) is 0 Å². The van der Waals surface area contributed by atoms with Crippen LogP contribution >= 0.6 is 0 Å². The number of nitrogen functional groups attached to an aromatic ring is 1. The van der Waals surface area contributed by atoms with Gasteiger partial charge in [0.25, 0.3) is 0 Å². The summed E-state index contributed by atoms with van der Waals surface area (Å²) in [7, 11) is 0. The van der Waals surface area contributed by atoms with Crippen LogP contribution < -0.4 is 10.5 Å². The molecule has 106 valence electrons. The summed E-state index contributed by atoms with van der Waals surface area (Å²) in [4.78, 5) is 0. The van der Waals surface area contributed by atoms with Gasteiger partial charge in [0.15, 0.2) is 11.6 Å². The molecule has 1 aromatic carbocycles. The van der Waals surface area contributed by atoms with Gasteiger partial charge in [-0.05, 0) is 18.2 Å². The lowest BCUT2D eigenvalue weighted by atomic mass is 10.1. The van der Waals surface area contributed by atoms with Crippen molar-refractivity contribution >= 4 is 5.88 Å². The van der Waals surface area contributed by atoms with Crippen molar-refractivity contribution in [3.63, 3.8) is 0 Å². The molecule has 1 aliphatic heterocycles. The Morgan fingerprint density at radius 1 is 1.25 bits per heavy atom. The van der Waals surface area contributed by atoms with Gasteiger partial charge in [0, 0.05) is 24.5 Å². The van der Waals surface area contributed by atoms with Crippen molar-refractivity contribution < 1.29 is 18.4 Å². The Morgan fingerprint density at radius 2 is 2.05 bits per heavy atom. The molecule has 6 heteroatoms. The van der Waals surface area contributed by atoms with E-state index in [9.17, 15) is 4.39 Å². The third-order valence-corrected chi connectivity index (χ3v) is 3.22. The van der Waals surface area contributed by atoms with Gasteiger partial charge in [0.1, 0.15) is 11.8 Å². The Bertz CT molecular complexity index is 594. The zero-order valence-corrected chi connectivity index (χ0v) is 10.8. The van der Waals surface area contributed by atoms with Crippen LogP contribution in [0.3, 0.4) is 0 Å². The second kappa shape index (κ2) is 5.50. The molecule has 0 bridgehead atoms. The number of aromatic nitrogens is 1. The number of rotatable bonds is 3. The van der Waals surface area contributed by atoms with Crippen LogP contribution in [0.5, 0.6) is 5.75 Å². The van der Waals surface area contributed by atoms with E-state index in [0.29, 0.717) is 24.5 Å². The predicted molar refractivity (Wildman–Crippen MR) is 70.8 cm³/mol. The van der Waals surface area contributed by atoms with Crippen LogP contribution in [-0.2, 0) is 4.74 Å². The highest BCUT2D eigenvalue weighted by Gasteiger charge is 2.17. The number of halogens is 1. The van der Waals surface area contributed by atoms with Crippen molar-refractivity contribution in [3.8, 4) is 17.0 Å². The molecule has 0 spiro atoms. The zero-order valence-electron chi connectivity index (χ0n) is 10.8. The molecule has 1 aromatic heterocycles. The molecule has 1 aliphatic rings. The van der Waals surface area contributed by atoms with Crippen molar-refractivity contribution in [3.05, 3.63) is 30.1 Å². The average Bonchev–Trinajstić information content (AvgIpc) is 2.89. The molecular weight excluding hydrogens is 263 g/mol. The molecule has 0 radical (unpaired) electrons. The zero-order chi connectivity index (χ0) is 13.9. The first-order chi connectivity index (χ1) is 9.72. The molecule has 0 amide bonds. The number of ether oxygens (including phenoxy) is 2. The van der Waals surface area contributed by atoms with E-state index in [1.54, 1.807) is 18.2 Å². The summed E-state index contributed by atoms with van der Waals surface area (Å²) >= 11 is 0.